The number of hydrogen-bond acceptors (Lipinski definition) is 5. The van der Waals surface area contributed by atoms with Gasteiger partial charge in [-0.3, -0.25) is 14.6 Å². The maximum absolute atomic E-state index is 13.6. The number of ether oxygens (including phenoxy) is 1. The fourth-order valence-corrected chi connectivity index (χ4v) is 2.81. The number of nitrogens with one attached hydrogen (secondary N) is 2. The lowest BCUT2D eigenvalue weighted by atomic mass is 10.2. The number of pyridine rings is 1. The Hall–Kier alpha value is -3.61. The van der Waals surface area contributed by atoms with Gasteiger partial charge in [-0.2, -0.15) is 26.3 Å². The molecule has 0 radical (unpaired) electrons. The molecule has 0 spiro atoms. The second-order valence-electron chi connectivity index (χ2n) is 6.44. The van der Waals surface area contributed by atoms with E-state index in [1.165, 1.54) is 19.1 Å². The number of rotatable bonds is 4. The van der Waals surface area contributed by atoms with Crippen LogP contribution in [0.4, 0.5) is 32.0 Å². The van der Waals surface area contributed by atoms with Gasteiger partial charge in [0.15, 0.2) is 11.5 Å². The average Bonchev–Trinajstić information content (AvgIpc) is 2.69. The number of amides is 1. The molecule has 3 rings (SSSR count). The van der Waals surface area contributed by atoms with E-state index in [0.29, 0.717) is 6.07 Å². The number of carbonyl (C=O) groups is 1. The number of benzene rings is 1. The molecular weight excluding hydrogens is 482 g/mol. The van der Waals surface area contributed by atoms with Crippen molar-refractivity contribution in [2.24, 2.45) is 0 Å². The highest BCUT2D eigenvalue weighted by Crippen LogP contribution is 2.39. The van der Waals surface area contributed by atoms with Crippen molar-refractivity contribution < 1.29 is 35.9 Å². The molecule has 0 saturated heterocycles. The number of nitrogens with zero attached hydrogens (tertiary/aromatic N) is 2. The molecule has 0 fully saturated rings. The summed E-state index contributed by atoms with van der Waals surface area (Å²) in [5, 5.41) is 1.70. The van der Waals surface area contributed by atoms with E-state index in [-0.39, 0.29) is 11.4 Å². The van der Waals surface area contributed by atoms with Crippen LogP contribution < -0.4 is 15.6 Å². The van der Waals surface area contributed by atoms with Gasteiger partial charge in [0.05, 0.1) is 22.5 Å². The van der Waals surface area contributed by atoms with E-state index in [4.69, 9.17) is 16.3 Å². The van der Waals surface area contributed by atoms with Crippen LogP contribution in [0.5, 0.6) is 11.5 Å². The quantitative estimate of drug-likeness (QED) is 0.483. The molecule has 1 amide bonds. The zero-order valence-electron chi connectivity index (χ0n) is 16.2. The number of carbonyl (C=O) groups excluding carboxylic acids is 1. The van der Waals surface area contributed by atoms with Crippen molar-refractivity contribution in [2.45, 2.75) is 19.3 Å². The minimum atomic E-state index is -5.20. The maximum Gasteiger partial charge on any atom is 0.437 e. The molecular formula is C19H11ClF6N4O3. The molecule has 0 aliphatic rings. The lowest BCUT2D eigenvalue weighted by molar-refractivity contribution is -0.142. The molecule has 0 saturated carbocycles. The zero-order chi connectivity index (χ0) is 24.6. The largest absolute Gasteiger partial charge is 0.449 e. The van der Waals surface area contributed by atoms with Crippen LogP contribution >= 0.6 is 11.6 Å². The van der Waals surface area contributed by atoms with E-state index in [9.17, 15) is 35.9 Å². The first-order valence-electron chi connectivity index (χ1n) is 8.76. The first-order chi connectivity index (χ1) is 15.3. The molecule has 0 aliphatic carbocycles. The Morgan fingerprint density at radius 3 is 2.33 bits per heavy atom. The summed E-state index contributed by atoms with van der Waals surface area (Å²) in [4.78, 5) is 32.7. The van der Waals surface area contributed by atoms with Crippen molar-refractivity contribution in [3.63, 3.8) is 0 Å². The lowest BCUT2D eigenvalue weighted by Crippen LogP contribution is -2.21. The summed E-state index contributed by atoms with van der Waals surface area (Å²) >= 11 is 5.48. The molecule has 1 aromatic carbocycles. The van der Waals surface area contributed by atoms with Gasteiger partial charge in [-0.25, -0.2) is 4.98 Å². The van der Waals surface area contributed by atoms with Gasteiger partial charge in [0, 0.05) is 6.92 Å². The predicted octanol–water partition coefficient (Wildman–Crippen LogP) is 5.27. The smallest absolute Gasteiger partial charge is 0.437 e. The fraction of sp³-hybridized carbons (Fsp3) is 0.158. The predicted molar refractivity (Wildman–Crippen MR) is 104 cm³/mol. The van der Waals surface area contributed by atoms with E-state index in [1.54, 1.807) is 0 Å². The lowest BCUT2D eigenvalue weighted by Gasteiger charge is -2.15. The van der Waals surface area contributed by atoms with Gasteiger partial charge in [0.2, 0.25) is 11.7 Å². The van der Waals surface area contributed by atoms with Gasteiger partial charge in [0.25, 0.3) is 5.56 Å². The molecule has 2 heterocycles. The maximum atomic E-state index is 13.6. The summed E-state index contributed by atoms with van der Waals surface area (Å²) in [7, 11) is 0. The number of H-pyrrole nitrogens is 1. The van der Waals surface area contributed by atoms with Crippen LogP contribution in [0.2, 0.25) is 5.02 Å². The first-order valence-corrected chi connectivity index (χ1v) is 9.13. The van der Waals surface area contributed by atoms with Crippen molar-refractivity contribution in [2.75, 3.05) is 5.32 Å². The standard InChI is InChI=1S/C19H11ClF6N4O3/c1-8(31)28-9-2-5-13(27-7-9)16-29-15(19(24,25)26)14(17(32)30-16)33-10-3-4-12(20)11(6-10)18(21,22)23/h2-7H,1H3,(H,28,31)(H,29,30,32). The Morgan fingerprint density at radius 1 is 1.09 bits per heavy atom. The molecule has 33 heavy (non-hydrogen) atoms. The van der Waals surface area contributed by atoms with Crippen LogP contribution in [0, 0.1) is 0 Å². The fourth-order valence-electron chi connectivity index (χ4n) is 2.58. The Balaban J connectivity index is 2.06. The third-order valence-electron chi connectivity index (χ3n) is 3.93. The minimum absolute atomic E-state index is 0.177. The number of aromatic nitrogens is 3. The summed E-state index contributed by atoms with van der Waals surface area (Å²) in [6.45, 7) is 1.24. The van der Waals surface area contributed by atoms with Crippen LogP contribution in [-0.4, -0.2) is 20.9 Å². The number of aromatic amines is 1. The summed E-state index contributed by atoms with van der Waals surface area (Å²) in [6, 6.07) is 4.50. The van der Waals surface area contributed by atoms with Crippen molar-refractivity contribution in [1.29, 1.82) is 0 Å². The topological polar surface area (TPSA) is 97.0 Å². The van der Waals surface area contributed by atoms with Gasteiger partial charge in [-0.15, -0.1) is 0 Å². The van der Waals surface area contributed by atoms with Gasteiger partial charge in [0.1, 0.15) is 11.4 Å². The minimum Gasteiger partial charge on any atom is -0.449 e. The summed E-state index contributed by atoms with van der Waals surface area (Å²) < 4.78 is 84.7. The number of alkyl halides is 6. The molecule has 0 unspecified atom stereocenters. The Morgan fingerprint density at radius 2 is 1.79 bits per heavy atom. The molecule has 2 N–H and O–H groups in total. The highest BCUT2D eigenvalue weighted by atomic mass is 35.5. The van der Waals surface area contributed by atoms with Crippen molar-refractivity contribution in [3.8, 4) is 23.0 Å². The second-order valence-corrected chi connectivity index (χ2v) is 6.85. The molecule has 14 heteroatoms. The Labute approximate surface area is 185 Å². The van der Waals surface area contributed by atoms with E-state index in [0.717, 1.165) is 18.3 Å². The van der Waals surface area contributed by atoms with Crippen molar-refractivity contribution >= 4 is 23.2 Å². The third kappa shape index (κ3) is 5.61. The summed E-state index contributed by atoms with van der Waals surface area (Å²) in [5.74, 6) is -3.07. The van der Waals surface area contributed by atoms with Crippen molar-refractivity contribution in [3.05, 3.63) is 63.2 Å². The first kappa shape index (κ1) is 24.0. The molecule has 0 atom stereocenters. The molecule has 7 nitrogen and oxygen atoms in total. The third-order valence-corrected chi connectivity index (χ3v) is 4.26. The summed E-state index contributed by atoms with van der Waals surface area (Å²) in [6.07, 6.45) is -8.98. The molecule has 0 bridgehead atoms. The van der Waals surface area contributed by atoms with Crippen LogP contribution in [0.15, 0.2) is 41.3 Å². The van der Waals surface area contributed by atoms with Crippen LogP contribution in [0.1, 0.15) is 18.2 Å². The van der Waals surface area contributed by atoms with Gasteiger partial charge >= 0.3 is 12.4 Å². The normalized spacial score (nSPS) is 11.9. The molecule has 3 aromatic rings. The number of hydrogen-bond donors (Lipinski definition) is 2. The Kier molecular flexibility index (Phi) is 6.36. The SMILES string of the molecule is CC(=O)Nc1ccc(-c2nc(C(F)(F)F)c(Oc3ccc(Cl)c(C(F)(F)F)c3)c(=O)[nH]2)nc1. The van der Waals surface area contributed by atoms with Crippen LogP contribution in [0.3, 0.4) is 0 Å². The van der Waals surface area contributed by atoms with Crippen LogP contribution in [0.25, 0.3) is 11.5 Å². The van der Waals surface area contributed by atoms with E-state index < -0.39 is 57.4 Å². The van der Waals surface area contributed by atoms with E-state index in [2.05, 4.69) is 20.3 Å². The molecule has 174 valence electrons. The molecule has 2 aromatic heterocycles. The van der Waals surface area contributed by atoms with Crippen molar-refractivity contribution in [1.82, 2.24) is 15.0 Å². The second kappa shape index (κ2) is 8.73. The van der Waals surface area contributed by atoms with Gasteiger partial charge in [-0.05, 0) is 30.3 Å². The average molecular weight is 493 g/mol. The highest BCUT2D eigenvalue weighted by molar-refractivity contribution is 6.31. The summed E-state index contributed by atoms with van der Waals surface area (Å²) in [5.41, 5.74) is -4.49. The number of anilines is 1. The van der Waals surface area contributed by atoms with Gasteiger partial charge < -0.3 is 15.0 Å². The Bertz CT molecular complexity index is 1260. The van der Waals surface area contributed by atoms with E-state index >= 15 is 0 Å². The highest BCUT2D eigenvalue weighted by Gasteiger charge is 2.39. The van der Waals surface area contributed by atoms with Gasteiger partial charge in [-0.1, -0.05) is 11.6 Å². The van der Waals surface area contributed by atoms with E-state index in [1.807, 2.05) is 0 Å². The zero-order valence-corrected chi connectivity index (χ0v) is 17.0. The number of halogens is 7. The monoisotopic (exact) mass is 492 g/mol. The molecule has 0 aliphatic heterocycles. The van der Waals surface area contributed by atoms with Crippen LogP contribution in [-0.2, 0) is 17.1 Å².